The summed E-state index contributed by atoms with van der Waals surface area (Å²) in [5, 5.41) is 1.36. The Bertz CT molecular complexity index is 274. The molecule has 0 aliphatic heterocycles. The minimum absolute atomic E-state index is 0.0732. The van der Waals surface area contributed by atoms with E-state index in [1.807, 2.05) is 0 Å². The van der Waals surface area contributed by atoms with E-state index in [1.165, 1.54) is 6.42 Å². The number of thiol groups is 4. The maximum atomic E-state index is 6.23. The lowest BCUT2D eigenvalue weighted by atomic mass is 9.99. The molecule has 1 rings (SSSR count). The van der Waals surface area contributed by atoms with Gasteiger partial charge in [0, 0.05) is 27.0 Å². The second-order valence-corrected chi connectivity index (χ2v) is 8.81. The van der Waals surface area contributed by atoms with Gasteiger partial charge >= 0.3 is 0 Å². The summed E-state index contributed by atoms with van der Waals surface area (Å²) in [6.45, 7) is 6.55. The summed E-state index contributed by atoms with van der Waals surface area (Å²) in [4.78, 5) is 0. The van der Waals surface area contributed by atoms with Gasteiger partial charge in [0.25, 0.3) is 0 Å². The Hall–Kier alpha value is 1.36. The van der Waals surface area contributed by atoms with Crippen LogP contribution in [-0.2, 0) is 0 Å². The van der Waals surface area contributed by atoms with Gasteiger partial charge in [0.2, 0.25) is 0 Å². The summed E-state index contributed by atoms with van der Waals surface area (Å²) in [5.74, 6) is 1.86. The molecule has 5 heteroatoms. The van der Waals surface area contributed by atoms with Gasteiger partial charge in [-0.15, -0.1) is 0 Å². The maximum Gasteiger partial charge on any atom is 0.0277 e. The highest BCUT2D eigenvalue weighted by molar-refractivity contribution is 7.82. The molecule has 0 spiro atoms. The highest BCUT2D eigenvalue weighted by Gasteiger charge is 2.47. The van der Waals surface area contributed by atoms with Crippen molar-refractivity contribution in [2.45, 2.75) is 67.1 Å². The van der Waals surface area contributed by atoms with Gasteiger partial charge in [-0.1, -0.05) is 20.8 Å². The average molecular weight is 340 g/mol. The average Bonchev–Trinajstić information content (AvgIpc) is 3.15. The van der Waals surface area contributed by atoms with Crippen molar-refractivity contribution in [2.75, 3.05) is 0 Å². The van der Waals surface area contributed by atoms with E-state index >= 15 is 0 Å². The van der Waals surface area contributed by atoms with Crippen LogP contribution in [0, 0.1) is 17.8 Å². The normalized spacial score (nSPS) is 30.8. The molecule has 0 saturated heterocycles. The largest absolute Gasteiger partial charge is 0.326 e. The Morgan fingerprint density at radius 2 is 1.63 bits per heavy atom. The van der Waals surface area contributed by atoms with Crippen LogP contribution in [0.25, 0.3) is 0 Å². The van der Waals surface area contributed by atoms with Gasteiger partial charge in [-0.2, -0.15) is 50.5 Å². The Kier molecular flexibility index (Phi) is 7.86. The van der Waals surface area contributed by atoms with Crippen LogP contribution in [0.1, 0.15) is 40.0 Å². The van der Waals surface area contributed by atoms with Crippen LogP contribution in [0.15, 0.2) is 0 Å². The topological polar surface area (TPSA) is 26.0 Å². The number of hydrogen-bond donors (Lipinski definition) is 5. The van der Waals surface area contributed by atoms with Crippen LogP contribution in [-0.4, -0.2) is 27.0 Å². The smallest absolute Gasteiger partial charge is 0.0277 e. The van der Waals surface area contributed by atoms with Gasteiger partial charge in [0.15, 0.2) is 0 Å². The lowest BCUT2D eigenvalue weighted by Crippen LogP contribution is -2.41. The molecule has 0 aromatic rings. The van der Waals surface area contributed by atoms with E-state index in [0.717, 1.165) is 12.8 Å². The van der Waals surface area contributed by atoms with Crippen molar-refractivity contribution in [1.82, 2.24) is 0 Å². The first kappa shape index (κ1) is 18.4. The summed E-state index contributed by atoms with van der Waals surface area (Å²) < 4.78 is 0. The summed E-state index contributed by atoms with van der Waals surface area (Å²) in [7, 11) is 0. The molecule has 2 N–H and O–H groups in total. The fraction of sp³-hybridized carbons (Fsp3) is 1.00. The fourth-order valence-electron chi connectivity index (χ4n) is 2.55. The Morgan fingerprint density at radius 1 is 1.05 bits per heavy atom. The molecule has 5 unspecified atom stereocenters. The zero-order chi connectivity index (χ0) is 14.7. The van der Waals surface area contributed by atoms with Gasteiger partial charge < -0.3 is 5.73 Å². The van der Waals surface area contributed by atoms with Crippen molar-refractivity contribution in [2.24, 2.45) is 23.5 Å². The van der Waals surface area contributed by atoms with Gasteiger partial charge in [-0.25, -0.2) is 0 Å². The van der Waals surface area contributed by atoms with Crippen molar-refractivity contribution in [3.8, 4) is 0 Å². The third-order valence-electron chi connectivity index (χ3n) is 4.33. The molecule has 19 heavy (non-hydrogen) atoms. The van der Waals surface area contributed by atoms with Gasteiger partial charge in [0.05, 0.1) is 0 Å². The third kappa shape index (κ3) is 5.24. The van der Waals surface area contributed by atoms with Crippen molar-refractivity contribution >= 4 is 50.5 Å². The zero-order valence-electron chi connectivity index (χ0n) is 12.1. The molecule has 0 bridgehead atoms. The van der Waals surface area contributed by atoms with Crippen molar-refractivity contribution in [1.29, 1.82) is 0 Å². The van der Waals surface area contributed by atoms with E-state index in [9.17, 15) is 0 Å². The van der Waals surface area contributed by atoms with E-state index < -0.39 is 0 Å². The molecule has 1 nitrogen and oxygen atoms in total. The lowest BCUT2D eigenvalue weighted by molar-refractivity contribution is 0.503. The third-order valence-corrected chi connectivity index (χ3v) is 7.17. The molecule has 1 fully saturated rings. The summed E-state index contributed by atoms with van der Waals surface area (Å²) >= 11 is 18.7. The van der Waals surface area contributed by atoms with Crippen LogP contribution in [0.4, 0.5) is 0 Å². The number of hydrogen-bond acceptors (Lipinski definition) is 5. The van der Waals surface area contributed by atoms with Crippen LogP contribution in [0.2, 0.25) is 0 Å². The predicted molar refractivity (Wildman–Crippen MR) is 100 cm³/mol. The maximum absolute atomic E-state index is 6.23. The minimum Gasteiger partial charge on any atom is -0.326 e. The van der Waals surface area contributed by atoms with Crippen molar-refractivity contribution in [3.63, 3.8) is 0 Å². The lowest BCUT2D eigenvalue weighted by Gasteiger charge is -2.25. The van der Waals surface area contributed by atoms with Crippen LogP contribution in [0.3, 0.4) is 0 Å². The highest BCUT2D eigenvalue weighted by Crippen LogP contribution is 2.50. The Morgan fingerprint density at radius 3 is 2.11 bits per heavy atom. The molecule has 114 valence electrons. The summed E-state index contributed by atoms with van der Waals surface area (Å²) in [5.41, 5.74) is 6.23. The first-order chi connectivity index (χ1) is 8.79. The van der Waals surface area contributed by atoms with Crippen LogP contribution in [0.5, 0.6) is 0 Å². The minimum atomic E-state index is 0.0732. The second kappa shape index (κ2) is 8.11. The first-order valence-corrected chi connectivity index (χ1v) is 9.33. The fourth-order valence-corrected chi connectivity index (χ4v) is 4.39. The second-order valence-electron chi connectivity index (χ2n) is 6.22. The van der Waals surface area contributed by atoms with Crippen LogP contribution >= 0.6 is 50.5 Å². The molecular weight excluding hydrogens is 310 g/mol. The van der Waals surface area contributed by atoms with Crippen molar-refractivity contribution in [3.05, 3.63) is 0 Å². The quantitative estimate of drug-likeness (QED) is 0.429. The number of rotatable bonds is 8. The molecule has 1 saturated carbocycles. The molecule has 7 atom stereocenters. The number of nitrogens with two attached hydrogens (primary N) is 1. The van der Waals surface area contributed by atoms with E-state index in [2.05, 4.69) is 46.0 Å². The summed E-state index contributed by atoms with van der Waals surface area (Å²) in [6.07, 6.45) is 3.27. The van der Waals surface area contributed by atoms with Gasteiger partial charge in [0.1, 0.15) is 0 Å². The SMILES string of the molecule is CC[C@H](S)C(N)C(S)C1CC1[C@H](S)CC(S)C(C)C. The monoisotopic (exact) mass is 339 g/mol. The van der Waals surface area contributed by atoms with Crippen LogP contribution < -0.4 is 5.73 Å². The van der Waals surface area contributed by atoms with Gasteiger partial charge in [-0.3, -0.25) is 0 Å². The molecule has 0 aromatic heterocycles. The highest BCUT2D eigenvalue weighted by atomic mass is 32.1. The van der Waals surface area contributed by atoms with Gasteiger partial charge in [-0.05, 0) is 37.0 Å². The molecule has 0 aromatic carbocycles. The van der Waals surface area contributed by atoms with Crippen molar-refractivity contribution < 1.29 is 0 Å². The van der Waals surface area contributed by atoms with E-state index in [4.69, 9.17) is 31.0 Å². The molecule has 1 aliphatic rings. The zero-order valence-corrected chi connectivity index (χ0v) is 15.7. The molecule has 0 radical (unpaired) electrons. The van der Waals surface area contributed by atoms with E-state index in [0.29, 0.717) is 28.3 Å². The molecular formula is C14H29NS4. The van der Waals surface area contributed by atoms with E-state index in [-0.39, 0.29) is 16.5 Å². The van der Waals surface area contributed by atoms with E-state index in [1.54, 1.807) is 0 Å². The Labute approximate surface area is 140 Å². The molecule has 0 heterocycles. The first-order valence-electron chi connectivity index (χ1n) is 7.27. The summed E-state index contributed by atoms with van der Waals surface area (Å²) in [6, 6.07) is 0.0732. The predicted octanol–water partition coefficient (Wildman–Crippen LogP) is 3.60. The standard InChI is InChI=1S/C14H29NS4/c1-4-10(16)13(15)14(19)9-5-8(9)12(18)6-11(17)7(2)3/h7-14,16-19H,4-6,15H2,1-3H3/t8?,9?,10-,11?,12+,13?,14?/m0/s1. The molecule has 1 aliphatic carbocycles. The Balaban J connectivity index is 2.41. The molecule has 0 amide bonds.